The van der Waals surface area contributed by atoms with E-state index in [1.54, 1.807) is 30.3 Å². The quantitative estimate of drug-likeness (QED) is 0.397. The first-order valence-electron chi connectivity index (χ1n) is 9.38. The highest BCUT2D eigenvalue weighted by Crippen LogP contribution is 2.15. The van der Waals surface area contributed by atoms with Crippen molar-refractivity contribution in [1.82, 2.24) is 10.6 Å². The number of anilines is 1. The first-order valence-corrected chi connectivity index (χ1v) is 10.5. The van der Waals surface area contributed by atoms with Crippen LogP contribution in [0.1, 0.15) is 33.6 Å². The predicted octanol–water partition coefficient (Wildman–Crippen LogP) is 2.57. The number of hydrogen-bond acceptors (Lipinski definition) is 4. The molecule has 0 aromatic heterocycles. The predicted molar refractivity (Wildman–Crippen MR) is 118 cm³/mol. The van der Waals surface area contributed by atoms with Crippen LogP contribution in [0.25, 0.3) is 0 Å². The van der Waals surface area contributed by atoms with E-state index in [9.17, 15) is 14.4 Å². The van der Waals surface area contributed by atoms with E-state index in [2.05, 4.69) is 38.5 Å². The Kier molecular flexibility index (Phi) is 7.59. The van der Waals surface area contributed by atoms with Gasteiger partial charge in [0.2, 0.25) is 5.91 Å². The van der Waals surface area contributed by atoms with Crippen molar-refractivity contribution >= 4 is 46.0 Å². The first-order chi connectivity index (χ1) is 14.0. The fraction of sp³-hybridized carbons (Fsp3) is 0.286. The van der Waals surface area contributed by atoms with Gasteiger partial charge in [-0.15, -0.1) is 0 Å². The molecule has 3 amide bonds. The molecule has 0 saturated carbocycles. The third-order valence-electron chi connectivity index (χ3n) is 4.46. The van der Waals surface area contributed by atoms with Crippen molar-refractivity contribution in [1.29, 1.82) is 0 Å². The summed E-state index contributed by atoms with van der Waals surface area (Å²) in [6.07, 6.45) is 1.27. The number of hydrogen-bond donors (Lipinski definition) is 3. The summed E-state index contributed by atoms with van der Waals surface area (Å²) < 4.78 is 6.17. The van der Waals surface area contributed by atoms with E-state index >= 15 is 0 Å². The van der Waals surface area contributed by atoms with Gasteiger partial charge in [-0.25, -0.2) is 0 Å². The van der Waals surface area contributed by atoms with Crippen molar-refractivity contribution < 1.29 is 19.1 Å². The van der Waals surface area contributed by atoms with E-state index in [1.807, 2.05) is 18.2 Å². The van der Waals surface area contributed by atoms with Gasteiger partial charge in [-0.2, -0.15) is 0 Å². The summed E-state index contributed by atoms with van der Waals surface area (Å²) in [5, 5.41) is 8.33. The Balaban J connectivity index is 1.44. The molecule has 1 unspecified atom stereocenters. The summed E-state index contributed by atoms with van der Waals surface area (Å²) in [5.74, 6) is -0.578. The maximum atomic E-state index is 12.3. The molecule has 0 spiro atoms. The third kappa shape index (κ3) is 6.01. The summed E-state index contributed by atoms with van der Waals surface area (Å²) in [6, 6.07) is 14.0. The molecule has 152 valence electrons. The molecule has 1 aliphatic heterocycles. The zero-order valence-electron chi connectivity index (χ0n) is 15.7. The van der Waals surface area contributed by atoms with Gasteiger partial charge in [0.15, 0.2) is 0 Å². The maximum Gasteiger partial charge on any atom is 0.256 e. The van der Waals surface area contributed by atoms with Crippen LogP contribution in [0.5, 0.6) is 0 Å². The molecule has 8 heteroatoms. The van der Waals surface area contributed by atoms with E-state index < -0.39 is 0 Å². The Morgan fingerprint density at radius 1 is 0.966 bits per heavy atom. The molecule has 0 radical (unpaired) electrons. The molecule has 1 aliphatic rings. The summed E-state index contributed by atoms with van der Waals surface area (Å²) in [5.41, 5.74) is 1.68. The van der Waals surface area contributed by atoms with Gasteiger partial charge in [0.05, 0.1) is 5.56 Å². The normalized spacial score (nSPS) is 15.6. The highest BCUT2D eigenvalue weighted by molar-refractivity contribution is 14.1. The van der Waals surface area contributed by atoms with Crippen molar-refractivity contribution in [3.63, 3.8) is 0 Å². The molecule has 3 rings (SSSR count). The molecule has 1 saturated heterocycles. The van der Waals surface area contributed by atoms with Crippen LogP contribution in [0.3, 0.4) is 0 Å². The first kappa shape index (κ1) is 21.3. The van der Waals surface area contributed by atoms with E-state index in [0.717, 1.165) is 16.4 Å². The lowest BCUT2D eigenvalue weighted by atomic mass is 10.1. The number of carbonyl (C=O) groups excluding carboxylic acids is 3. The summed E-state index contributed by atoms with van der Waals surface area (Å²) in [4.78, 5) is 36.4. The summed E-state index contributed by atoms with van der Waals surface area (Å²) in [6.45, 7) is 1.28. The van der Waals surface area contributed by atoms with Gasteiger partial charge in [0, 0.05) is 34.5 Å². The fourth-order valence-corrected chi connectivity index (χ4v) is 3.54. The molecule has 0 bridgehead atoms. The maximum absolute atomic E-state index is 12.3. The van der Waals surface area contributed by atoms with Crippen LogP contribution < -0.4 is 16.0 Å². The molecule has 2 aromatic rings. The van der Waals surface area contributed by atoms with Crippen molar-refractivity contribution in [3.05, 3.63) is 63.2 Å². The Bertz CT molecular complexity index is 880. The van der Waals surface area contributed by atoms with Gasteiger partial charge in [-0.1, -0.05) is 12.1 Å². The minimum Gasteiger partial charge on any atom is -0.368 e. The number of carbonyl (C=O) groups is 3. The van der Waals surface area contributed by atoms with Gasteiger partial charge in [0.1, 0.15) is 6.10 Å². The molecular weight excluding hydrogens is 485 g/mol. The standard InChI is InChI=1S/C21H22IN3O4/c22-17-5-2-1-4-16(17)20(27)25-15-9-7-14(8-10-15)19(26)23-11-12-24-21(28)18-6-3-13-29-18/h1-2,4-5,7-10,18H,3,6,11-13H2,(H,23,26)(H,24,28)(H,25,27). The average Bonchev–Trinajstić information content (AvgIpc) is 3.27. The summed E-state index contributed by atoms with van der Waals surface area (Å²) in [7, 11) is 0. The van der Waals surface area contributed by atoms with E-state index in [4.69, 9.17) is 4.74 Å². The Labute approximate surface area is 182 Å². The zero-order chi connectivity index (χ0) is 20.6. The molecule has 2 aromatic carbocycles. The topological polar surface area (TPSA) is 96.5 Å². The minimum atomic E-state index is -0.368. The number of halogens is 1. The van der Waals surface area contributed by atoms with Gasteiger partial charge in [-0.3, -0.25) is 14.4 Å². The molecule has 29 heavy (non-hydrogen) atoms. The van der Waals surface area contributed by atoms with E-state index in [0.29, 0.717) is 36.5 Å². The van der Waals surface area contributed by atoms with E-state index in [-0.39, 0.29) is 23.8 Å². The Hall–Kier alpha value is -2.46. The Morgan fingerprint density at radius 2 is 1.69 bits per heavy atom. The molecule has 1 heterocycles. The van der Waals surface area contributed by atoms with Gasteiger partial charge >= 0.3 is 0 Å². The highest BCUT2D eigenvalue weighted by atomic mass is 127. The van der Waals surface area contributed by atoms with Gasteiger partial charge in [0.25, 0.3) is 11.8 Å². The molecular formula is C21H22IN3O4. The van der Waals surface area contributed by atoms with Crippen molar-refractivity contribution in [2.75, 3.05) is 25.0 Å². The number of rotatable bonds is 7. The second-order valence-electron chi connectivity index (χ2n) is 6.56. The second kappa shape index (κ2) is 10.4. The largest absolute Gasteiger partial charge is 0.368 e. The van der Waals surface area contributed by atoms with Gasteiger partial charge < -0.3 is 20.7 Å². The van der Waals surface area contributed by atoms with Crippen molar-refractivity contribution in [3.8, 4) is 0 Å². The number of amides is 3. The van der Waals surface area contributed by atoms with Crippen LogP contribution >= 0.6 is 22.6 Å². The molecule has 1 fully saturated rings. The van der Waals surface area contributed by atoms with E-state index in [1.165, 1.54) is 0 Å². The minimum absolute atomic E-state index is 0.134. The third-order valence-corrected chi connectivity index (χ3v) is 5.40. The lowest BCUT2D eigenvalue weighted by Crippen LogP contribution is -2.39. The summed E-state index contributed by atoms with van der Waals surface area (Å²) >= 11 is 2.12. The van der Waals surface area contributed by atoms with Crippen molar-refractivity contribution in [2.45, 2.75) is 18.9 Å². The fourth-order valence-electron chi connectivity index (χ4n) is 2.91. The zero-order valence-corrected chi connectivity index (χ0v) is 17.9. The monoisotopic (exact) mass is 507 g/mol. The van der Waals surface area contributed by atoms with Crippen LogP contribution in [0.4, 0.5) is 5.69 Å². The number of ether oxygens (including phenoxy) is 1. The lowest BCUT2D eigenvalue weighted by molar-refractivity contribution is -0.129. The highest BCUT2D eigenvalue weighted by Gasteiger charge is 2.22. The molecule has 1 atom stereocenters. The lowest BCUT2D eigenvalue weighted by Gasteiger charge is -2.11. The molecule has 7 nitrogen and oxygen atoms in total. The number of nitrogens with one attached hydrogen (secondary N) is 3. The van der Waals surface area contributed by atoms with Crippen LogP contribution in [-0.2, 0) is 9.53 Å². The van der Waals surface area contributed by atoms with Crippen LogP contribution in [0.15, 0.2) is 48.5 Å². The number of benzene rings is 2. The molecule has 0 aliphatic carbocycles. The van der Waals surface area contributed by atoms with Crippen LogP contribution in [0.2, 0.25) is 0 Å². The SMILES string of the molecule is O=C(NCCNC(=O)C1CCCO1)c1ccc(NC(=O)c2ccccc2I)cc1. The molecule has 3 N–H and O–H groups in total. The van der Waals surface area contributed by atoms with Gasteiger partial charge in [-0.05, 0) is 71.8 Å². The van der Waals surface area contributed by atoms with Crippen molar-refractivity contribution in [2.24, 2.45) is 0 Å². The van der Waals surface area contributed by atoms with Crippen LogP contribution in [0, 0.1) is 3.57 Å². The average molecular weight is 507 g/mol. The second-order valence-corrected chi connectivity index (χ2v) is 7.72. The smallest absolute Gasteiger partial charge is 0.256 e. The van der Waals surface area contributed by atoms with Crippen LogP contribution in [-0.4, -0.2) is 43.5 Å². The Morgan fingerprint density at radius 3 is 2.38 bits per heavy atom.